The molecule has 5 nitrogen and oxygen atoms in total. The summed E-state index contributed by atoms with van der Waals surface area (Å²) in [4.78, 5) is 12.1. The number of carbonyl (C=O) groups excluding carboxylic acids is 1. The number of aliphatic hydroxyl groups excluding tert-OH is 3. The van der Waals surface area contributed by atoms with Crippen LogP contribution in [0.4, 0.5) is 0 Å². The van der Waals surface area contributed by atoms with Crippen LogP contribution in [0.5, 0.6) is 0 Å². The molecule has 4 rings (SSSR count). The SMILES string of the molecule is C[C@H](CCC(O)C(C)(C)O)[C@H]1CC[C@H]2[C@@H]3[C@H](O)CC4=CC(=O)CC[C@]4(C)[C@H]3C[C@H](O)[C@]12C. The summed E-state index contributed by atoms with van der Waals surface area (Å²) in [6.07, 6.45) is 6.24. The predicted octanol–water partition coefficient (Wildman–Crippen LogP) is 3.62. The molecular formula is C27H44O5. The zero-order chi connectivity index (χ0) is 23.6. The van der Waals surface area contributed by atoms with Crippen LogP contribution in [-0.2, 0) is 4.79 Å². The predicted molar refractivity (Wildman–Crippen MR) is 124 cm³/mol. The van der Waals surface area contributed by atoms with E-state index in [2.05, 4.69) is 20.8 Å². The summed E-state index contributed by atoms with van der Waals surface area (Å²) in [7, 11) is 0. The van der Waals surface area contributed by atoms with Gasteiger partial charge in [-0.25, -0.2) is 0 Å². The molecule has 0 aliphatic heterocycles. The number of carbonyl (C=O) groups is 1. The Balaban J connectivity index is 1.57. The highest BCUT2D eigenvalue weighted by Crippen LogP contribution is 2.67. The molecule has 5 heteroatoms. The molecule has 0 spiro atoms. The molecule has 0 aromatic heterocycles. The topological polar surface area (TPSA) is 98.0 Å². The molecule has 4 aliphatic carbocycles. The molecular weight excluding hydrogens is 404 g/mol. The minimum absolute atomic E-state index is 0.0966. The third-order valence-corrected chi connectivity index (χ3v) is 10.6. The third kappa shape index (κ3) is 3.72. The van der Waals surface area contributed by atoms with Crippen molar-refractivity contribution >= 4 is 5.78 Å². The van der Waals surface area contributed by atoms with Crippen LogP contribution in [-0.4, -0.2) is 50.1 Å². The molecule has 182 valence electrons. The fourth-order valence-corrected chi connectivity index (χ4v) is 8.44. The Morgan fingerprint density at radius 1 is 1.16 bits per heavy atom. The average Bonchev–Trinajstić information content (AvgIpc) is 3.06. The lowest BCUT2D eigenvalue weighted by atomic mass is 9.45. The van der Waals surface area contributed by atoms with E-state index in [1.165, 1.54) is 0 Å². The molecule has 32 heavy (non-hydrogen) atoms. The first kappa shape index (κ1) is 24.4. The summed E-state index contributed by atoms with van der Waals surface area (Å²) in [5, 5.41) is 43.3. The molecule has 4 aliphatic rings. The number of hydrogen-bond donors (Lipinski definition) is 4. The average molecular weight is 449 g/mol. The van der Waals surface area contributed by atoms with Gasteiger partial charge in [-0.15, -0.1) is 0 Å². The van der Waals surface area contributed by atoms with Crippen molar-refractivity contribution in [3.8, 4) is 0 Å². The van der Waals surface area contributed by atoms with Crippen LogP contribution in [0.3, 0.4) is 0 Å². The van der Waals surface area contributed by atoms with Gasteiger partial charge in [0.15, 0.2) is 5.78 Å². The summed E-state index contributed by atoms with van der Waals surface area (Å²) in [5.74, 6) is 1.48. The fourth-order valence-electron chi connectivity index (χ4n) is 8.44. The lowest BCUT2D eigenvalue weighted by molar-refractivity contribution is -0.168. The van der Waals surface area contributed by atoms with Gasteiger partial charge >= 0.3 is 0 Å². The monoisotopic (exact) mass is 448 g/mol. The van der Waals surface area contributed by atoms with E-state index in [0.29, 0.717) is 37.5 Å². The number of aliphatic hydroxyl groups is 4. The molecule has 4 N–H and O–H groups in total. The summed E-state index contributed by atoms with van der Waals surface area (Å²) in [6, 6.07) is 0. The van der Waals surface area contributed by atoms with Crippen molar-refractivity contribution < 1.29 is 25.2 Å². The molecule has 3 fully saturated rings. The van der Waals surface area contributed by atoms with E-state index in [0.717, 1.165) is 31.3 Å². The zero-order valence-electron chi connectivity index (χ0n) is 20.6. The van der Waals surface area contributed by atoms with Crippen LogP contribution in [0.15, 0.2) is 11.6 Å². The fraction of sp³-hybridized carbons (Fsp3) is 0.889. The van der Waals surface area contributed by atoms with Gasteiger partial charge in [0.25, 0.3) is 0 Å². The van der Waals surface area contributed by atoms with E-state index in [4.69, 9.17) is 0 Å². The van der Waals surface area contributed by atoms with Crippen molar-refractivity contribution in [3.63, 3.8) is 0 Å². The lowest BCUT2D eigenvalue weighted by Crippen LogP contribution is -2.60. The Bertz CT molecular complexity index is 768. The van der Waals surface area contributed by atoms with Crippen molar-refractivity contribution in [1.82, 2.24) is 0 Å². The number of ketones is 1. The van der Waals surface area contributed by atoms with Crippen LogP contribution in [0.25, 0.3) is 0 Å². The Labute approximate surface area is 193 Å². The Morgan fingerprint density at radius 3 is 2.50 bits per heavy atom. The van der Waals surface area contributed by atoms with Crippen LogP contribution in [0.1, 0.15) is 86.0 Å². The highest BCUT2D eigenvalue weighted by atomic mass is 16.3. The van der Waals surface area contributed by atoms with E-state index in [1.54, 1.807) is 19.9 Å². The van der Waals surface area contributed by atoms with Crippen molar-refractivity contribution in [1.29, 1.82) is 0 Å². The van der Waals surface area contributed by atoms with Crippen LogP contribution < -0.4 is 0 Å². The second-order valence-electron chi connectivity index (χ2n) is 12.6. The molecule has 3 saturated carbocycles. The molecule has 0 bridgehead atoms. The molecule has 0 aromatic rings. The van der Waals surface area contributed by atoms with Crippen molar-refractivity contribution in [3.05, 3.63) is 11.6 Å². The van der Waals surface area contributed by atoms with Gasteiger partial charge < -0.3 is 20.4 Å². The maximum absolute atomic E-state index is 12.1. The Morgan fingerprint density at radius 2 is 1.84 bits per heavy atom. The summed E-state index contributed by atoms with van der Waals surface area (Å²) < 4.78 is 0. The first-order chi connectivity index (χ1) is 14.8. The van der Waals surface area contributed by atoms with E-state index < -0.39 is 23.9 Å². The second kappa shape index (κ2) is 8.18. The van der Waals surface area contributed by atoms with Gasteiger partial charge in [-0.2, -0.15) is 0 Å². The molecule has 0 heterocycles. The van der Waals surface area contributed by atoms with Crippen LogP contribution >= 0.6 is 0 Å². The largest absolute Gasteiger partial charge is 0.393 e. The third-order valence-electron chi connectivity index (χ3n) is 10.6. The van der Waals surface area contributed by atoms with Gasteiger partial charge in [0.2, 0.25) is 0 Å². The second-order valence-corrected chi connectivity index (χ2v) is 12.6. The standard InChI is InChI=1S/C27H44O5/c1-15(6-9-22(30)25(2,3)32)18-7-8-19-24-20(14-23(31)27(18,19)5)26(4)11-10-17(28)12-16(26)13-21(24)29/h12,15,18-24,29-32H,6-11,13-14H2,1-5H3/t15-,18-,19+,20+,21-,22?,23+,24+,26+,27-/m1/s1. The molecule has 1 unspecified atom stereocenters. The Kier molecular flexibility index (Phi) is 6.23. The summed E-state index contributed by atoms with van der Waals surface area (Å²) >= 11 is 0. The van der Waals surface area contributed by atoms with Gasteiger partial charge in [-0.05, 0) is 105 Å². The van der Waals surface area contributed by atoms with Crippen LogP contribution in [0, 0.1) is 40.4 Å². The van der Waals surface area contributed by atoms with E-state index in [1.807, 2.05) is 0 Å². The summed E-state index contributed by atoms with van der Waals surface area (Å²) in [6.45, 7) is 10.0. The zero-order valence-corrected chi connectivity index (χ0v) is 20.6. The van der Waals surface area contributed by atoms with Gasteiger partial charge in [-0.3, -0.25) is 4.79 Å². The number of hydrogen-bond acceptors (Lipinski definition) is 5. The maximum Gasteiger partial charge on any atom is 0.155 e. The summed E-state index contributed by atoms with van der Waals surface area (Å²) in [5.41, 5.74) is -0.348. The van der Waals surface area contributed by atoms with Gasteiger partial charge in [0.1, 0.15) is 0 Å². The van der Waals surface area contributed by atoms with Gasteiger partial charge in [-0.1, -0.05) is 26.3 Å². The first-order valence-electron chi connectivity index (χ1n) is 12.8. The van der Waals surface area contributed by atoms with E-state index >= 15 is 0 Å². The maximum atomic E-state index is 12.1. The molecule has 0 saturated heterocycles. The molecule has 0 radical (unpaired) electrons. The van der Waals surface area contributed by atoms with Crippen molar-refractivity contribution in [2.45, 2.75) is 110 Å². The molecule has 0 amide bonds. The van der Waals surface area contributed by atoms with Gasteiger partial charge in [0.05, 0.1) is 23.9 Å². The van der Waals surface area contributed by atoms with E-state index in [-0.39, 0.29) is 34.4 Å². The molecule has 0 aromatic carbocycles. The lowest BCUT2D eigenvalue weighted by Gasteiger charge is -2.61. The highest BCUT2D eigenvalue weighted by Gasteiger charge is 2.64. The minimum atomic E-state index is -1.10. The van der Waals surface area contributed by atoms with Crippen LogP contribution in [0.2, 0.25) is 0 Å². The smallest absolute Gasteiger partial charge is 0.155 e. The van der Waals surface area contributed by atoms with Crippen molar-refractivity contribution in [2.75, 3.05) is 0 Å². The minimum Gasteiger partial charge on any atom is -0.393 e. The Hall–Kier alpha value is -0.750. The van der Waals surface area contributed by atoms with E-state index in [9.17, 15) is 25.2 Å². The normalized spacial score (nSPS) is 46.0. The highest BCUT2D eigenvalue weighted by molar-refractivity contribution is 5.91. The number of fused-ring (bicyclic) bond motifs is 5. The first-order valence-corrected chi connectivity index (χ1v) is 12.8. The van der Waals surface area contributed by atoms with Gasteiger partial charge in [0, 0.05) is 6.42 Å². The number of rotatable bonds is 5. The quantitative estimate of drug-likeness (QED) is 0.515. The van der Waals surface area contributed by atoms with Crippen molar-refractivity contribution in [2.24, 2.45) is 40.4 Å². The molecule has 10 atom stereocenters.